The number of hydrogen-bond acceptors (Lipinski definition) is 3. The van der Waals surface area contributed by atoms with E-state index in [1.807, 2.05) is 6.92 Å². The van der Waals surface area contributed by atoms with Crippen molar-refractivity contribution in [1.82, 2.24) is 10.2 Å². The van der Waals surface area contributed by atoms with E-state index in [-0.39, 0.29) is 5.54 Å². The summed E-state index contributed by atoms with van der Waals surface area (Å²) >= 11 is 0. The maximum Gasteiger partial charge on any atom is 0.119 e. The minimum atomic E-state index is 0.125. The van der Waals surface area contributed by atoms with Gasteiger partial charge in [0, 0.05) is 5.54 Å². The first-order valence-electron chi connectivity index (χ1n) is 8.30. The van der Waals surface area contributed by atoms with Gasteiger partial charge in [0.1, 0.15) is 5.75 Å². The number of likely N-dealkylation sites (N-methyl/N-ethyl adjacent to an activating group) is 1. The van der Waals surface area contributed by atoms with Crippen LogP contribution >= 0.6 is 0 Å². The maximum atomic E-state index is 5.56. The molecule has 1 aromatic carbocycles. The molecule has 118 valence electrons. The van der Waals surface area contributed by atoms with Crippen molar-refractivity contribution in [3.8, 4) is 5.75 Å². The van der Waals surface area contributed by atoms with Crippen LogP contribution in [-0.2, 0) is 0 Å². The third-order valence-corrected chi connectivity index (χ3v) is 4.56. The second-order valence-corrected chi connectivity index (χ2v) is 6.34. The van der Waals surface area contributed by atoms with Crippen molar-refractivity contribution in [3.63, 3.8) is 0 Å². The van der Waals surface area contributed by atoms with Gasteiger partial charge in [-0.05, 0) is 70.9 Å². The second kappa shape index (κ2) is 7.28. The van der Waals surface area contributed by atoms with E-state index in [0.29, 0.717) is 6.04 Å². The van der Waals surface area contributed by atoms with Gasteiger partial charge in [0.15, 0.2) is 0 Å². The number of likely N-dealkylation sites (tertiary alicyclic amines) is 1. The lowest BCUT2D eigenvalue weighted by Gasteiger charge is -2.43. The summed E-state index contributed by atoms with van der Waals surface area (Å²) in [6, 6.07) is 8.93. The number of nitrogens with one attached hydrogen (secondary N) is 1. The molecule has 0 amide bonds. The third-order valence-electron chi connectivity index (χ3n) is 4.56. The molecule has 21 heavy (non-hydrogen) atoms. The highest BCUT2D eigenvalue weighted by molar-refractivity contribution is 5.31. The van der Waals surface area contributed by atoms with Crippen molar-refractivity contribution < 1.29 is 4.74 Å². The summed E-state index contributed by atoms with van der Waals surface area (Å²) in [6.45, 7) is 13.1. The zero-order chi connectivity index (χ0) is 15.3. The normalized spacial score (nSPS) is 17.9. The Kier molecular flexibility index (Phi) is 5.65. The molecule has 1 unspecified atom stereocenters. The zero-order valence-corrected chi connectivity index (χ0v) is 14.0. The van der Waals surface area contributed by atoms with Crippen LogP contribution in [0, 0.1) is 0 Å². The molecule has 1 N–H and O–H groups in total. The molecule has 0 bridgehead atoms. The van der Waals surface area contributed by atoms with Crippen LogP contribution < -0.4 is 10.1 Å². The maximum absolute atomic E-state index is 5.56. The molecule has 3 nitrogen and oxygen atoms in total. The van der Waals surface area contributed by atoms with E-state index >= 15 is 0 Å². The van der Waals surface area contributed by atoms with E-state index in [4.69, 9.17) is 4.74 Å². The number of hydrogen-bond donors (Lipinski definition) is 1. The van der Waals surface area contributed by atoms with Gasteiger partial charge in [0.25, 0.3) is 0 Å². The Morgan fingerprint density at radius 2 is 1.76 bits per heavy atom. The first-order valence-corrected chi connectivity index (χ1v) is 8.30. The van der Waals surface area contributed by atoms with Gasteiger partial charge >= 0.3 is 0 Å². The van der Waals surface area contributed by atoms with Gasteiger partial charge in [-0.1, -0.05) is 19.1 Å². The van der Waals surface area contributed by atoms with E-state index in [0.717, 1.165) is 18.9 Å². The van der Waals surface area contributed by atoms with Gasteiger partial charge in [0.2, 0.25) is 0 Å². The second-order valence-electron chi connectivity index (χ2n) is 6.34. The summed E-state index contributed by atoms with van der Waals surface area (Å²) in [7, 11) is 0. The Balaban J connectivity index is 2.20. The van der Waals surface area contributed by atoms with E-state index in [2.05, 4.69) is 55.3 Å². The highest BCUT2D eigenvalue weighted by Gasteiger charge is 2.37. The molecule has 1 aliphatic heterocycles. The van der Waals surface area contributed by atoms with Crippen LogP contribution in [0.15, 0.2) is 24.3 Å². The Bertz CT molecular complexity index is 421. The molecule has 0 aromatic heterocycles. The quantitative estimate of drug-likeness (QED) is 0.830. The molecule has 3 heteroatoms. The highest BCUT2D eigenvalue weighted by atomic mass is 16.5. The van der Waals surface area contributed by atoms with Crippen LogP contribution in [0.5, 0.6) is 5.75 Å². The van der Waals surface area contributed by atoms with E-state index in [1.165, 1.54) is 31.5 Å². The lowest BCUT2D eigenvalue weighted by atomic mass is 9.87. The highest BCUT2D eigenvalue weighted by Crippen LogP contribution is 2.34. The predicted octanol–water partition coefficient (Wildman–Crippen LogP) is 3.61. The van der Waals surface area contributed by atoms with Crippen molar-refractivity contribution in [2.45, 2.75) is 52.1 Å². The molecule has 1 heterocycles. The molecule has 1 fully saturated rings. The summed E-state index contributed by atoms with van der Waals surface area (Å²) < 4.78 is 5.56. The standard InChI is InChI=1S/C18H30N2O/c1-5-19-17(18(3,4)20-13-7-8-14-20)15-9-11-16(12-10-15)21-6-2/h9-12,17,19H,5-8,13-14H2,1-4H3. The van der Waals surface area contributed by atoms with Gasteiger partial charge in [0.05, 0.1) is 12.6 Å². The van der Waals surface area contributed by atoms with Gasteiger partial charge in [-0.3, -0.25) is 4.90 Å². The summed E-state index contributed by atoms with van der Waals surface area (Å²) in [5, 5.41) is 3.69. The minimum Gasteiger partial charge on any atom is -0.494 e. The fourth-order valence-electron chi connectivity index (χ4n) is 3.38. The Morgan fingerprint density at radius 3 is 2.29 bits per heavy atom. The lowest BCUT2D eigenvalue weighted by Crippen LogP contribution is -2.51. The van der Waals surface area contributed by atoms with Crippen molar-refractivity contribution >= 4 is 0 Å². The Morgan fingerprint density at radius 1 is 1.14 bits per heavy atom. The van der Waals surface area contributed by atoms with Crippen LogP contribution in [-0.4, -0.2) is 36.7 Å². The summed E-state index contributed by atoms with van der Waals surface area (Å²) in [5.41, 5.74) is 1.47. The number of ether oxygens (including phenoxy) is 1. The monoisotopic (exact) mass is 290 g/mol. The topological polar surface area (TPSA) is 24.5 Å². The Labute approximate surface area is 129 Å². The Hall–Kier alpha value is -1.06. The first-order chi connectivity index (χ1) is 10.1. The van der Waals surface area contributed by atoms with Crippen LogP contribution in [0.25, 0.3) is 0 Å². The largest absolute Gasteiger partial charge is 0.494 e. The zero-order valence-electron chi connectivity index (χ0n) is 14.0. The van der Waals surface area contributed by atoms with E-state index < -0.39 is 0 Å². The molecule has 0 saturated carbocycles. The van der Waals surface area contributed by atoms with Crippen LogP contribution in [0.1, 0.15) is 52.1 Å². The fraction of sp³-hybridized carbons (Fsp3) is 0.667. The predicted molar refractivity (Wildman–Crippen MR) is 88.9 cm³/mol. The minimum absolute atomic E-state index is 0.125. The van der Waals surface area contributed by atoms with Crippen LogP contribution in [0.4, 0.5) is 0 Å². The average Bonchev–Trinajstić information content (AvgIpc) is 3.01. The van der Waals surface area contributed by atoms with Gasteiger partial charge in [-0.25, -0.2) is 0 Å². The fourth-order valence-corrected chi connectivity index (χ4v) is 3.38. The van der Waals surface area contributed by atoms with Gasteiger partial charge < -0.3 is 10.1 Å². The van der Waals surface area contributed by atoms with E-state index in [9.17, 15) is 0 Å². The number of rotatable bonds is 7. The third kappa shape index (κ3) is 3.78. The molecule has 1 saturated heterocycles. The SMILES string of the molecule is CCNC(c1ccc(OCC)cc1)C(C)(C)N1CCCC1. The molecule has 0 aliphatic carbocycles. The average molecular weight is 290 g/mol. The molecule has 1 aromatic rings. The summed E-state index contributed by atoms with van der Waals surface area (Å²) in [6.07, 6.45) is 2.65. The van der Waals surface area contributed by atoms with E-state index in [1.54, 1.807) is 0 Å². The van der Waals surface area contributed by atoms with Crippen molar-refractivity contribution in [3.05, 3.63) is 29.8 Å². The van der Waals surface area contributed by atoms with Gasteiger partial charge in [-0.15, -0.1) is 0 Å². The van der Waals surface area contributed by atoms with Crippen molar-refractivity contribution in [1.29, 1.82) is 0 Å². The molecular formula is C18H30N2O. The molecule has 0 radical (unpaired) electrons. The first kappa shape index (κ1) is 16.3. The summed E-state index contributed by atoms with van der Waals surface area (Å²) in [4.78, 5) is 2.62. The lowest BCUT2D eigenvalue weighted by molar-refractivity contribution is 0.107. The van der Waals surface area contributed by atoms with Gasteiger partial charge in [-0.2, -0.15) is 0 Å². The molecule has 0 spiro atoms. The van der Waals surface area contributed by atoms with Crippen molar-refractivity contribution in [2.24, 2.45) is 0 Å². The van der Waals surface area contributed by atoms with Crippen LogP contribution in [0.2, 0.25) is 0 Å². The van der Waals surface area contributed by atoms with Crippen molar-refractivity contribution in [2.75, 3.05) is 26.2 Å². The molecule has 2 rings (SSSR count). The summed E-state index contributed by atoms with van der Waals surface area (Å²) in [5.74, 6) is 0.954. The molecular weight excluding hydrogens is 260 g/mol. The molecule has 1 aliphatic rings. The number of nitrogens with zero attached hydrogens (tertiary/aromatic N) is 1. The van der Waals surface area contributed by atoms with Crippen LogP contribution in [0.3, 0.4) is 0 Å². The number of benzene rings is 1. The molecule has 1 atom stereocenters. The smallest absolute Gasteiger partial charge is 0.119 e.